The molecule has 2 aromatic heterocycles. The average molecular weight is 346 g/mol. The first kappa shape index (κ1) is 16.6. The van der Waals surface area contributed by atoms with Crippen LogP contribution in [-0.2, 0) is 4.79 Å². The molecule has 3 rings (SSSR count). The minimum atomic E-state index is -0.738. The van der Waals surface area contributed by atoms with E-state index in [0.29, 0.717) is 23.8 Å². The molecule has 0 unspecified atom stereocenters. The van der Waals surface area contributed by atoms with Crippen LogP contribution in [0.25, 0.3) is 11.7 Å². The molecule has 0 aliphatic heterocycles. The van der Waals surface area contributed by atoms with Crippen molar-refractivity contribution >= 4 is 17.7 Å². The third kappa shape index (κ3) is 3.62. The molecule has 126 valence electrons. The van der Waals surface area contributed by atoms with Gasteiger partial charge in [-0.05, 0) is 31.9 Å². The van der Waals surface area contributed by atoms with Crippen LogP contribution in [-0.4, -0.2) is 26.9 Å². The lowest BCUT2D eigenvalue weighted by molar-refractivity contribution is -0.122. The van der Waals surface area contributed by atoms with Crippen LogP contribution in [0, 0.1) is 11.3 Å². The van der Waals surface area contributed by atoms with Gasteiger partial charge in [0.15, 0.2) is 5.76 Å². The van der Waals surface area contributed by atoms with Crippen molar-refractivity contribution in [3.05, 3.63) is 18.4 Å². The highest BCUT2D eigenvalue weighted by atomic mass is 32.2. The Labute approximate surface area is 143 Å². The molecule has 1 fully saturated rings. The minimum Gasteiger partial charge on any atom is -0.459 e. The van der Waals surface area contributed by atoms with Crippen molar-refractivity contribution in [3.8, 4) is 17.7 Å². The van der Waals surface area contributed by atoms with Gasteiger partial charge in [-0.25, -0.2) is 0 Å². The summed E-state index contributed by atoms with van der Waals surface area (Å²) in [6, 6.07) is 5.73. The van der Waals surface area contributed by atoms with E-state index >= 15 is 0 Å². The van der Waals surface area contributed by atoms with Crippen molar-refractivity contribution < 1.29 is 13.6 Å². The molecular formula is C16H18N4O3S. The molecule has 7 nitrogen and oxygen atoms in total. The SMILES string of the molecule is C[C@H](Sc1nnc(-c2ccco2)o1)C(=O)NC1(C#N)CCCCC1. The molecule has 24 heavy (non-hydrogen) atoms. The van der Waals surface area contributed by atoms with E-state index in [4.69, 9.17) is 8.83 Å². The number of carbonyl (C=O) groups is 1. The van der Waals surface area contributed by atoms with Crippen LogP contribution >= 0.6 is 11.8 Å². The number of furan rings is 1. The Balaban J connectivity index is 1.61. The Hall–Kier alpha value is -2.27. The number of amides is 1. The van der Waals surface area contributed by atoms with Gasteiger partial charge in [0, 0.05) is 0 Å². The van der Waals surface area contributed by atoms with Crippen LogP contribution in [0.15, 0.2) is 32.5 Å². The number of carbonyl (C=O) groups excluding carboxylic acids is 1. The third-order valence-corrected chi connectivity index (χ3v) is 5.00. The molecule has 2 heterocycles. The zero-order valence-corrected chi connectivity index (χ0v) is 14.1. The maximum absolute atomic E-state index is 12.4. The first-order chi connectivity index (χ1) is 11.6. The number of thioether (sulfide) groups is 1. The zero-order valence-electron chi connectivity index (χ0n) is 13.3. The average Bonchev–Trinajstić information content (AvgIpc) is 3.26. The number of aromatic nitrogens is 2. The van der Waals surface area contributed by atoms with Crippen LogP contribution in [0.4, 0.5) is 0 Å². The number of nitrogens with zero attached hydrogens (tertiary/aromatic N) is 3. The molecule has 1 aliphatic carbocycles. The molecule has 2 aromatic rings. The number of rotatable bonds is 5. The van der Waals surface area contributed by atoms with E-state index in [9.17, 15) is 10.1 Å². The van der Waals surface area contributed by atoms with E-state index < -0.39 is 10.8 Å². The second kappa shape index (κ2) is 7.09. The molecule has 0 spiro atoms. The Bertz CT molecular complexity index is 729. The Morgan fingerprint density at radius 2 is 2.21 bits per heavy atom. The van der Waals surface area contributed by atoms with Crippen LogP contribution in [0.3, 0.4) is 0 Å². The highest BCUT2D eigenvalue weighted by Gasteiger charge is 2.35. The topological polar surface area (TPSA) is 105 Å². The van der Waals surface area contributed by atoms with Gasteiger partial charge in [0.2, 0.25) is 5.91 Å². The van der Waals surface area contributed by atoms with Gasteiger partial charge in [-0.15, -0.1) is 10.2 Å². The summed E-state index contributed by atoms with van der Waals surface area (Å²) < 4.78 is 10.7. The maximum Gasteiger partial charge on any atom is 0.284 e. The van der Waals surface area contributed by atoms with Crippen molar-refractivity contribution in [2.24, 2.45) is 0 Å². The normalized spacial score (nSPS) is 17.8. The van der Waals surface area contributed by atoms with Crippen LogP contribution in [0.1, 0.15) is 39.0 Å². The molecule has 1 amide bonds. The maximum atomic E-state index is 12.4. The monoisotopic (exact) mass is 346 g/mol. The standard InChI is InChI=1S/C16H18N4O3S/c1-11(13(21)18-16(10-17)7-3-2-4-8-16)24-15-20-19-14(23-15)12-6-5-9-22-12/h5-6,9,11H,2-4,7-8H2,1H3,(H,18,21)/t11-/m0/s1. The molecule has 1 saturated carbocycles. The van der Waals surface area contributed by atoms with Gasteiger partial charge < -0.3 is 14.2 Å². The second-order valence-corrected chi connectivity index (χ2v) is 7.15. The summed E-state index contributed by atoms with van der Waals surface area (Å²) >= 11 is 1.16. The van der Waals surface area contributed by atoms with Crippen molar-refractivity contribution in [1.82, 2.24) is 15.5 Å². The highest BCUT2D eigenvalue weighted by molar-refractivity contribution is 8.00. The van der Waals surface area contributed by atoms with Gasteiger partial charge in [-0.1, -0.05) is 31.0 Å². The Morgan fingerprint density at radius 1 is 1.42 bits per heavy atom. The number of hydrogen-bond donors (Lipinski definition) is 1. The first-order valence-corrected chi connectivity index (χ1v) is 8.77. The summed E-state index contributed by atoms with van der Waals surface area (Å²) in [6.45, 7) is 1.75. The molecule has 0 saturated heterocycles. The molecule has 0 aromatic carbocycles. The fourth-order valence-corrected chi connectivity index (χ4v) is 3.40. The van der Waals surface area contributed by atoms with Gasteiger partial charge in [-0.2, -0.15) is 5.26 Å². The van der Waals surface area contributed by atoms with Crippen molar-refractivity contribution in [1.29, 1.82) is 5.26 Å². The quantitative estimate of drug-likeness (QED) is 0.829. The lowest BCUT2D eigenvalue weighted by Crippen LogP contribution is -2.50. The molecule has 8 heteroatoms. The highest BCUT2D eigenvalue weighted by Crippen LogP contribution is 2.30. The fraction of sp³-hybridized carbons (Fsp3) is 0.500. The second-order valence-electron chi connectivity index (χ2n) is 5.85. The van der Waals surface area contributed by atoms with Gasteiger partial charge >= 0.3 is 0 Å². The summed E-state index contributed by atoms with van der Waals surface area (Å²) in [5.74, 6) is 0.564. The smallest absolute Gasteiger partial charge is 0.284 e. The number of nitriles is 1. The molecular weight excluding hydrogens is 328 g/mol. The van der Waals surface area contributed by atoms with Crippen molar-refractivity contribution in [2.45, 2.75) is 55.0 Å². The molecule has 1 N–H and O–H groups in total. The van der Waals surface area contributed by atoms with E-state index in [1.165, 1.54) is 6.26 Å². The van der Waals surface area contributed by atoms with Gasteiger partial charge in [0.1, 0.15) is 5.54 Å². The third-order valence-electron chi connectivity index (χ3n) is 4.07. The molecule has 1 aliphatic rings. The summed E-state index contributed by atoms with van der Waals surface area (Å²) in [4.78, 5) is 12.4. The Morgan fingerprint density at radius 3 is 2.88 bits per heavy atom. The van der Waals surface area contributed by atoms with Crippen LogP contribution in [0.5, 0.6) is 0 Å². The van der Waals surface area contributed by atoms with E-state index in [0.717, 1.165) is 31.0 Å². The molecule has 0 radical (unpaired) electrons. The Kier molecular flexibility index (Phi) is 4.90. The largest absolute Gasteiger partial charge is 0.459 e. The minimum absolute atomic E-state index is 0.193. The van der Waals surface area contributed by atoms with E-state index in [1.54, 1.807) is 19.1 Å². The summed E-state index contributed by atoms with van der Waals surface area (Å²) in [5.41, 5.74) is -0.738. The van der Waals surface area contributed by atoms with E-state index in [1.807, 2.05) is 0 Å². The number of hydrogen-bond acceptors (Lipinski definition) is 7. The summed E-state index contributed by atoms with van der Waals surface area (Å²) in [6.07, 6.45) is 5.97. The lowest BCUT2D eigenvalue weighted by Gasteiger charge is -2.32. The van der Waals surface area contributed by atoms with Crippen molar-refractivity contribution in [2.75, 3.05) is 0 Å². The predicted octanol–water partition coefficient (Wildman–Crippen LogP) is 3.15. The fourth-order valence-electron chi connectivity index (χ4n) is 2.72. The van der Waals surface area contributed by atoms with Gasteiger partial charge in [0.05, 0.1) is 17.6 Å². The summed E-state index contributed by atoms with van der Waals surface area (Å²) in [5, 5.41) is 20.0. The van der Waals surface area contributed by atoms with E-state index in [2.05, 4.69) is 21.6 Å². The zero-order chi connectivity index (χ0) is 17.0. The molecule has 0 bridgehead atoms. The number of nitrogens with one attached hydrogen (secondary N) is 1. The van der Waals surface area contributed by atoms with Gasteiger partial charge in [0.25, 0.3) is 11.1 Å². The van der Waals surface area contributed by atoms with Crippen LogP contribution in [0.2, 0.25) is 0 Å². The van der Waals surface area contributed by atoms with Crippen LogP contribution < -0.4 is 5.32 Å². The van der Waals surface area contributed by atoms with Crippen molar-refractivity contribution in [3.63, 3.8) is 0 Å². The van der Waals surface area contributed by atoms with Gasteiger partial charge in [-0.3, -0.25) is 4.79 Å². The molecule has 1 atom stereocenters. The lowest BCUT2D eigenvalue weighted by atomic mass is 9.83. The first-order valence-electron chi connectivity index (χ1n) is 7.89. The summed E-state index contributed by atoms with van der Waals surface area (Å²) in [7, 11) is 0. The predicted molar refractivity (Wildman–Crippen MR) is 86.9 cm³/mol. The van der Waals surface area contributed by atoms with E-state index in [-0.39, 0.29) is 11.8 Å².